The van der Waals surface area contributed by atoms with Crippen molar-refractivity contribution in [1.82, 2.24) is 0 Å². The second-order valence-electron chi connectivity index (χ2n) is 5.90. The number of amides is 1. The number of nitrogens with zero attached hydrogens (tertiary/aromatic N) is 1. The summed E-state index contributed by atoms with van der Waals surface area (Å²) >= 11 is 1.28. The lowest BCUT2D eigenvalue weighted by Crippen LogP contribution is -2.13. The minimum absolute atomic E-state index is 0.0150. The van der Waals surface area contributed by atoms with E-state index in [0.717, 1.165) is 29.7 Å². The molecule has 0 spiro atoms. The molecule has 1 aliphatic rings. The molecule has 1 amide bonds. The Morgan fingerprint density at radius 2 is 1.85 bits per heavy atom. The molecule has 0 saturated carbocycles. The lowest BCUT2D eigenvalue weighted by Gasteiger charge is -2.08. The molecule has 1 N–H and O–H groups in total. The van der Waals surface area contributed by atoms with Crippen molar-refractivity contribution in [1.29, 1.82) is 0 Å². The quantitative estimate of drug-likeness (QED) is 0.485. The maximum atomic E-state index is 12.5. The fourth-order valence-corrected chi connectivity index (χ4v) is 4.23. The zero-order chi connectivity index (χ0) is 18.7. The standard InChI is InChI=1S/C18H18N2O5S/c1-2-25-18(22)12-9-7-11(8-10-12)16(21)19-17-15(20(23)24)13-5-3-4-6-14(13)26-17/h7-10H,2-6H2,1H3,(H,19,21). The first kappa shape index (κ1) is 18.1. The first-order chi connectivity index (χ1) is 12.5. The molecular weight excluding hydrogens is 356 g/mol. The van der Waals surface area contributed by atoms with Crippen LogP contribution < -0.4 is 5.32 Å². The molecule has 0 saturated heterocycles. The summed E-state index contributed by atoms with van der Waals surface area (Å²) in [6.07, 6.45) is 3.41. The van der Waals surface area contributed by atoms with Crippen molar-refractivity contribution < 1.29 is 19.2 Å². The Kier molecular flexibility index (Phi) is 5.32. The van der Waals surface area contributed by atoms with Gasteiger partial charge in [-0.15, -0.1) is 11.3 Å². The number of anilines is 1. The molecule has 1 heterocycles. The van der Waals surface area contributed by atoms with Crippen molar-refractivity contribution in [3.63, 3.8) is 0 Å². The van der Waals surface area contributed by atoms with Crippen LogP contribution in [0.15, 0.2) is 24.3 Å². The second-order valence-corrected chi connectivity index (χ2v) is 7.00. The number of carbonyl (C=O) groups excluding carboxylic acids is 2. The highest BCUT2D eigenvalue weighted by molar-refractivity contribution is 7.17. The van der Waals surface area contributed by atoms with Crippen LogP contribution in [0.25, 0.3) is 0 Å². The molecule has 1 aromatic carbocycles. The third-order valence-corrected chi connectivity index (χ3v) is 5.41. The fourth-order valence-electron chi connectivity index (χ4n) is 2.97. The van der Waals surface area contributed by atoms with E-state index in [4.69, 9.17) is 4.74 Å². The average Bonchev–Trinajstić information content (AvgIpc) is 3.00. The van der Waals surface area contributed by atoms with E-state index >= 15 is 0 Å². The van der Waals surface area contributed by atoms with E-state index < -0.39 is 16.8 Å². The van der Waals surface area contributed by atoms with E-state index in [2.05, 4.69) is 5.32 Å². The van der Waals surface area contributed by atoms with Crippen molar-refractivity contribution >= 4 is 33.9 Å². The van der Waals surface area contributed by atoms with Crippen LogP contribution in [0.4, 0.5) is 10.7 Å². The number of nitro groups is 1. The Morgan fingerprint density at radius 3 is 2.50 bits per heavy atom. The maximum Gasteiger partial charge on any atom is 0.338 e. The van der Waals surface area contributed by atoms with Crippen LogP contribution in [0.3, 0.4) is 0 Å². The summed E-state index contributed by atoms with van der Waals surface area (Å²) < 4.78 is 4.90. The van der Waals surface area contributed by atoms with Crippen LogP contribution in [0.5, 0.6) is 0 Å². The van der Waals surface area contributed by atoms with Gasteiger partial charge < -0.3 is 10.1 Å². The van der Waals surface area contributed by atoms with E-state index in [1.54, 1.807) is 6.92 Å². The fraction of sp³-hybridized carbons (Fsp3) is 0.333. The Labute approximate surface area is 154 Å². The highest BCUT2D eigenvalue weighted by atomic mass is 32.1. The summed E-state index contributed by atoms with van der Waals surface area (Å²) in [6.45, 7) is 1.99. The Bertz CT molecular complexity index is 857. The first-order valence-electron chi connectivity index (χ1n) is 8.38. The number of ether oxygens (including phenoxy) is 1. The number of hydrogen-bond donors (Lipinski definition) is 1. The molecule has 8 heteroatoms. The smallest absolute Gasteiger partial charge is 0.338 e. The highest BCUT2D eigenvalue weighted by Gasteiger charge is 2.30. The average molecular weight is 374 g/mol. The molecule has 0 fully saturated rings. The number of aryl methyl sites for hydroxylation is 1. The van der Waals surface area contributed by atoms with Gasteiger partial charge in [-0.2, -0.15) is 0 Å². The largest absolute Gasteiger partial charge is 0.462 e. The summed E-state index contributed by atoms with van der Waals surface area (Å²) in [4.78, 5) is 36.1. The number of carbonyl (C=O) groups is 2. The van der Waals surface area contributed by atoms with Gasteiger partial charge >= 0.3 is 11.7 Å². The Hall–Kier alpha value is -2.74. The number of thiophene rings is 1. The SMILES string of the molecule is CCOC(=O)c1ccc(C(=O)Nc2sc3c(c2[N+](=O)[O-])CCCC3)cc1. The van der Waals surface area contributed by atoms with E-state index in [1.165, 1.54) is 35.6 Å². The van der Waals surface area contributed by atoms with Crippen LogP contribution in [-0.2, 0) is 17.6 Å². The number of benzene rings is 1. The third-order valence-electron chi connectivity index (χ3n) is 4.21. The molecule has 0 unspecified atom stereocenters. The van der Waals surface area contributed by atoms with Crippen molar-refractivity contribution in [2.45, 2.75) is 32.6 Å². The van der Waals surface area contributed by atoms with Gasteiger partial charge in [-0.3, -0.25) is 14.9 Å². The van der Waals surface area contributed by atoms with E-state index in [0.29, 0.717) is 17.5 Å². The minimum Gasteiger partial charge on any atom is -0.462 e. The lowest BCUT2D eigenvalue weighted by molar-refractivity contribution is -0.384. The Balaban J connectivity index is 1.81. The van der Waals surface area contributed by atoms with Gasteiger partial charge in [-0.25, -0.2) is 4.79 Å². The zero-order valence-electron chi connectivity index (χ0n) is 14.2. The van der Waals surface area contributed by atoms with Gasteiger partial charge in [0, 0.05) is 16.0 Å². The Morgan fingerprint density at radius 1 is 1.19 bits per heavy atom. The molecule has 3 rings (SSSR count). The summed E-state index contributed by atoms with van der Waals surface area (Å²) in [5.41, 5.74) is 1.43. The van der Waals surface area contributed by atoms with Crippen LogP contribution in [0.1, 0.15) is 50.9 Å². The molecule has 7 nitrogen and oxygen atoms in total. The molecule has 0 aliphatic heterocycles. The monoisotopic (exact) mass is 374 g/mol. The van der Waals surface area contributed by atoms with Gasteiger partial charge in [0.2, 0.25) is 0 Å². The molecular formula is C18H18N2O5S. The molecule has 0 atom stereocenters. The number of rotatable bonds is 5. The van der Waals surface area contributed by atoms with Crippen LogP contribution in [0.2, 0.25) is 0 Å². The summed E-state index contributed by atoms with van der Waals surface area (Å²) in [7, 11) is 0. The summed E-state index contributed by atoms with van der Waals surface area (Å²) in [5, 5.41) is 14.4. The van der Waals surface area contributed by atoms with Gasteiger partial charge in [0.15, 0.2) is 5.00 Å². The second kappa shape index (κ2) is 7.65. The van der Waals surface area contributed by atoms with Gasteiger partial charge in [-0.1, -0.05) is 0 Å². The lowest BCUT2D eigenvalue weighted by atomic mass is 9.98. The molecule has 136 valence electrons. The first-order valence-corrected chi connectivity index (χ1v) is 9.20. The predicted octanol–water partition coefficient (Wildman–Crippen LogP) is 3.96. The van der Waals surface area contributed by atoms with E-state index in [9.17, 15) is 19.7 Å². The van der Waals surface area contributed by atoms with E-state index in [-0.39, 0.29) is 17.3 Å². The van der Waals surface area contributed by atoms with Crippen molar-refractivity contribution in [3.05, 3.63) is 55.9 Å². The predicted molar refractivity (Wildman–Crippen MR) is 98.0 cm³/mol. The minimum atomic E-state index is -0.457. The number of fused-ring (bicyclic) bond motifs is 1. The van der Waals surface area contributed by atoms with Gasteiger partial charge in [-0.05, 0) is 56.9 Å². The maximum absolute atomic E-state index is 12.5. The van der Waals surface area contributed by atoms with Crippen molar-refractivity contribution in [2.24, 2.45) is 0 Å². The molecule has 2 aromatic rings. The third kappa shape index (κ3) is 3.60. The van der Waals surface area contributed by atoms with Gasteiger partial charge in [0.25, 0.3) is 5.91 Å². The van der Waals surface area contributed by atoms with E-state index in [1.807, 2.05) is 0 Å². The highest BCUT2D eigenvalue weighted by Crippen LogP contribution is 2.43. The molecule has 0 radical (unpaired) electrons. The summed E-state index contributed by atoms with van der Waals surface area (Å²) in [5.74, 6) is -0.900. The number of nitrogens with one attached hydrogen (secondary N) is 1. The molecule has 0 bridgehead atoms. The van der Waals surface area contributed by atoms with Crippen molar-refractivity contribution in [3.8, 4) is 0 Å². The molecule has 1 aliphatic carbocycles. The number of esters is 1. The molecule has 1 aromatic heterocycles. The normalized spacial score (nSPS) is 13.0. The zero-order valence-corrected chi connectivity index (χ0v) is 15.1. The number of hydrogen-bond acceptors (Lipinski definition) is 6. The van der Waals surface area contributed by atoms with Crippen LogP contribution in [-0.4, -0.2) is 23.4 Å². The van der Waals surface area contributed by atoms with Crippen molar-refractivity contribution in [2.75, 3.05) is 11.9 Å². The molecule has 26 heavy (non-hydrogen) atoms. The van der Waals surface area contributed by atoms with Gasteiger partial charge in [0.1, 0.15) is 0 Å². The summed E-state index contributed by atoms with van der Waals surface area (Å²) in [6, 6.07) is 6.00. The van der Waals surface area contributed by atoms with Crippen LogP contribution >= 0.6 is 11.3 Å². The topological polar surface area (TPSA) is 98.5 Å². The van der Waals surface area contributed by atoms with Gasteiger partial charge in [0.05, 0.1) is 17.1 Å². The van der Waals surface area contributed by atoms with Crippen LogP contribution in [0, 0.1) is 10.1 Å².